The number of fused-ring (bicyclic) bond motifs is 1. The minimum atomic E-state index is 0.293. The smallest absolute Gasteiger partial charge is 0.0480 e. The fraction of sp³-hybridized carbons (Fsp3) is 0.143. The van der Waals surface area contributed by atoms with Crippen molar-refractivity contribution in [2.45, 2.75) is 12.8 Å². The summed E-state index contributed by atoms with van der Waals surface area (Å²) in [6.45, 7) is 2.18. The molecule has 0 fully saturated rings. The van der Waals surface area contributed by atoms with Crippen molar-refractivity contribution < 1.29 is 0 Å². The number of aryl methyl sites for hydroxylation is 2. The summed E-state index contributed by atoms with van der Waals surface area (Å²) in [5, 5.41) is 1.34. The molecule has 0 aliphatic heterocycles. The van der Waals surface area contributed by atoms with Gasteiger partial charge in [-0.05, 0) is 36.2 Å². The van der Waals surface area contributed by atoms with Gasteiger partial charge in [0, 0.05) is 39.8 Å². The van der Waals surface area contributed by atoms with Crippen LogP contribution in [0.4, 0.5) is 0 Å². The van der Waals surface area contributed by atoms with E-state index in [-0.39, 0.29) is 0 Å². The van der Waals surface area contributed by atoms with Gasteiger partial charge in [0.15, 0.2) is 0 Å². The first kappa shape index (κ1) is 14.3. The molecule has 2 heteroatoms. The molecule has 0 radical (unpaired) electrons. The largest absolute Gasteiger partial charge is 0.350 e. The quantitative estimate of drug-likeness (QED) is 0.455. The van der Waals surface area contributed by atoms with Crippen molar-refractivity contribution in [1.29, 1.82) is 0 Å². The van der Waals surface area contributed by atoms with Crippen LogP contribution in [-0.2, 0) is 7.05 Å². The molecule has 1 atom stereocenters. The van der Waals surface area contributed by atoms with E-state index in [9.17, 15) is 0 Å². The summed E-state index contributed by atoms with van der Waals surface area (Å²) in [5.41, 5.74) is 4.03. The van der Waals surface area contributed by atoms with Gasteiger partial charge >= 0.3 is 0 Å². The Balaban J connectivity index is 1.98. The Morgan fingerprint density at radius 2 is 1.61 bits per heavy atom. The highest BCUT2D eigenvalue weighted by Gasteiger charge is 2.22. The van der Waals surface area contributed by atoms with Crippen LogP contribution in [0.25, 0.3) is 10.9 Å². The summed E-state index contributed by atoms with van der Waals surface area (Å²) in [4.78, 5) is 2.77. The number of hydrogen-bond donors (Lipinski definition) is 0. The topological polar surface area (TPSA) is 4.93 Å². The lowest BCUT2D eigenvalue weighted by Crippen LogP contribution is -2.00. The van der Waals surface area contributed by atoms with E-state index in [0.717, 1.165) is 0 Å². The van der Waals surface area contributed by atoms with Crippen LogP contribution in [-0.4, -0.2) is 4.57 Å². The van der Waals surface area contributed by atoms with E-state index in [4.69, 9.17) is 0 Å². The maximum absolute atomic E-state index is 2.29. The van der Waals surface area contributed by atoms with Gasteiger partial charge in [-0.1, -0.05) is 48.5 Å². The highest BCUT2D eigenvalue weighted by Crippen LogP contribution is 2.39. The van der Waals surface area contributed by atoms with Crippen molar-refractivity contribution >= 4 is 22.2 Å². The Morgan fingerprint density at radius 3 is 2.35 bits per heavy atom. The summed E-state index contributed by atoms with van der Waals surface area (Å²) in [6, 6.07) is 24.0. The SMILES string of the molecule is Cc1ccc([C@H](c2ccccc2)c2cn(C)c3ccccc23)s1. The lowest BCUT2D eigenvalue weighted by atomic mass is 9.90. The molecule has 114 valence electrons. The van der Waals surface area contributed by atoms with Crippen LogP contribution in [0.2, 0.25) is 0 Å². The van der Waals surface area contributed by atoms with Crippen LogP contribution in [0.1, 0.15) is 26.8 Å². The first-order valence-corrected chi connectivity index (χ1v) is 8.71. The third kappa shape index (κ3) is 2.49. The van der Waals surface area contributed by atoms with E-state index in [1.54, 1.807) is 0 Å². The first-order chi connectivity index (χ1) is 11.2. The average Bonchev–Trinajstić information content (AvgIpc) is 3.14. The normalized spacial score (nSPS) is 12.6. The number of benzene rings is 2. The molecule has 4 rings (SSSR count). The number of rotatable bonds is 3. The Kier molecular flexibility index (Phi) is 3.55. The van der Waals surface area contributed by atoms with E-state index in [1.807, 2.05) is 11.3 Å². The van der Waals surface area contributed by atoms with Gasteiger partial charge < -0.3 is 4.57 Å². The molecule has 2 heterocycles. The lowest BCUT2D eigenvalue weighted by molar-refractivity contribution is 0.936. The molecule has 0 saturated carbocycles. The van der Waals surface area contributed by atoms with Gasteiger partial charge in [0.1, 0.15) is 0 Å². The van der Waals surface area contributed by atoms with E-state index < -0.39 is 0 Å². The van der Waals surface area contributed by atoms with Gasteiger partial charge in [0.05, 0.1) is 0 Å². The zero-order valence-corrected chi connectivity index (χ0v) is 14.2. The van der Waals surface area contributed by atoms with Gasteiger partial charge in [-0.15, -0.1) is 11.3 Å². The molecule has 2 aromatic carbocycles. The van der Waals surface area contributed by atoms with Gasteiger partial charge in [-0.25, -0.2) is 0 Å². The van der Waals surface area contributed by atoms with Crippen molar-refractivity contribution in [3.8, 4) is 0 Å². The summed E-state index contributed by atoms with van der Waals surface area (Å²) in [6.07, 6.45) is 2.29. The third-order valence-corrected chi connectivity index (χ3v) is 5.48. The molecule has 1 nitrogen and oxygen atoms in total. The number of hydrogen-bond acceptors (Lipinski definition) is 1. The molecule has 0 N–H and O–H groups in total. The monoisotopic (exact) mass is 317 g/mol. The second-order valence-corrected chi connectivity index (χ2v) is 7.32. The van der Waals surface area contributed by atoms with Crippen molar-refractivity contribution in [1.82, 2.24) is 4.57 Å². The van der Waals surface area contributed by atoms with Crippen molar-refractivity contribution in [3.05, 3.63) is 93.8 Å². The lowest BCUT2D eigenvalue weighted by Gasteiger charge is -2.16. The maximum Gasteiger partial charge on any atom is 0.0480 e. The Hall–Kier alpha value is -2.32. The highest BCUT2D eigenvalue weighted by atomic mass is 32.1. The standard InChI is InChI=1S/C21H19NS/c1-15-12-13-20(23-15)21(16-8-4-3-5-9-16)18-14-22(2)19-11-7-6-10-17(18)19/h3-14,21H,1-2H3/t21-/m1/s1. The predicted octanol–water partition coefficient (Wildman–Crippen LogP) is 5.73. The Labute approximate surface area is 140 Å². The molecule has 0 aliphatic rings. The van der Waals surface area contributed by atoms with Crippen LogP contribution in [0, 0.1) is 6.92 Å². The van der Waals surface area contributed by atoms with Crippen LogP contribution < -0.4 is 0 Å². The molecule has 0 spiro atoms. The van der Waals surface area contributed by atoms with Gasteiger partial charge in [-0.2, -0.15) is 0 Å². The Morgan fingerprint density at radius 1 is 0.870 bits per heavy atom. The number of aromatic nitrogens is 1. The number of nitrogens with zero attached hydrogens (tertiary/aromatic N) is 1. The zero-order valence-electron chi connectivity index (χ0n) is 13.4. The molecule has 23 heavy (non-hydrogen) atoms. The van der Waals surface area contributed by atoms with Crippen LogP contribution in [0.15, 0.2) is 72.9 Å². The number of thiophene rings is 1. The van der Waals surface area contributed by atoms with Crippen molar-refractivity contribution in [3.63, 3.8) is 0 Å². The third-order valence-electron chi connectivity index (χ3n) is 4.42. The first-order valence-electron chi connectivity index (χ1n) is 7.89. The van der Waals surface area contributed by atoms with Crippen molar-refractivity contribution in [2.24, 2.45) is 7.05 Å². The molecule has 4 aromatic rings. The summed E-state index contributed by atoms with van der Waals surface area (Å²) >= 11 is 1.89. The fourth-order valence-corrected chi connectivity index (χ4v) is 4.38. The zero-order chi connectivity index (χ0) is 15.8. The van der Waals surface area contributed by atoms with Gasteiger partial charge in [-0.3, -0.25) is 0 Å². The van der Waals surface area contributed by atoms with Crippen LogP contribution >= 0.6 is 11.3 Å². The van der Waals surface area contributed by atoms with Gasteiger partial charge in [0.25, 0.3) is 0 Å². The summed E-state index contributed by atoms with van der Waals surface area (Å²) in [7, 11) is 2.13. The highest BCUT2D eigenvalue weighted by molar-refractivity contribution is 7.12. The van der Waals surface area contributed by atoms with Crippen molar-refractivity contribution in [2.75, 3.05) is 0 Å². The second kappa shape index (κ2) is 5.71. The number of para-hydroxylation sites is 1. The average molecular weight is 317 g/mol. The molecular formula is C21H19NS. The molecular weight excluding hydrogens is 298 g/mol. The minimum Gasteiger partial charge on any atom is -0.350 e. The predicted molar refractivity (Wildman–Crippen MR) is 99.4 cm³/mol. The minimum absolute atomic E-state index is 0.293. The fourth-order valence-electron chi connectivity index (χ4n) is 3.35. The van der Waals surface area contributed by atoms with Crippen LogP contribution in [0.3, 0.4) is 0 Å². The molecule has 0 saturated heterocycles. The molecule has 0 aliphatic carbocycles. The summed E-state index contributed by atoms with van der Waals surface area (Å²) in [5.74, 6) is 0.293. The Bertz CT molecular complexity index is 946. The van der Waals surface area contributed by atoms with E-state index in [0.29, 0.717) is 5.92 Å². The van der Waals surface area contributed by atoms with E-state index in [1.165, 1.54) is 31.8 Å². The molecule has 2 aromatic heterocycles. The second-order valence-electron chi connectivity index (χ2n) is 6.00. The molecule has 0 amide bonds. The van der Waals surface area contributed by atoms with Gasteiger partial charge in [0.2, 0.25) is 0 Å². The summed E-state index contributed by atoms with van der Waals surface area (Å²) < 4.78 is 2.24. The molecule has 0 unspecified atom stereocenters. The molecule has 0 bridgehead atoms. The van der Waals surface area contributed by atoms with E-state index >= 15 is 0 Å². The maximum atomic E-state index is 2.29. The van der Waals surface area contributed by atoms with Crippen LogP contribution in [0.5, 0.6) is 0 Å². The van der Waals surface area contributed by atoms with E-state index in [2.05, 4.69) is 91.5 Å².